The van der Waals surface area contributed by atoms with Crippen molar-refractivity contribution in [2.24, 2.45) is 0 Å². The second-order valence-corrected chi connectivity index (χ2v) is 6.78. The molecule has 136 valence electrons. The van der Waals surface area contributed by atoms with Crippen LogP contribution in [0.25, 0.3) is 21.9 Å². The predicted molar refractivity (Wildman–Crippen MR) is 102 cm³/mol. The maximum Gasteiger partial charge on any atom is 0.195 e. The maximum atomic E-state index is 13.8. The Balaban J connectivity index is 1.75. The molecule has 0 nitrogen and oxygen atoms in total. The topological polar surface area (TPSA) is 0 Å². The van der Waals surface area contributed by atoms with Gasteiger partial charge in [0.25, 0.3) is 0 Å². The molecule has 0 spiro atoms. The standard InChI is InChI=1S/C23H23F3/c1-2-3-4-5-6-7-16-8-10-17(11-9-16)18-12-13-20-19(14-18)15-21(24)23(26)22(20)25/h8-15H,2-7H2,1H3. The Morgan fingerprint density at radius 3 is 2.12 bits per heavy atom. The van der Waals surface area contributed by atoms with Gasteiger partial charge in [0.05, 0.1) is 0 Å². The molecule has 0 unspecified atom stereocenters. The molecule has 0 fully saturated rings. The molecule has 0 bridgehead atoms. The van der Waals surface area contributed by atoms with E-state index in [1.54, 1.807) is 12.1 Å². The van der Waals surface area contributed by atoms with Crippen LogP contribution in [0.3, 0.4) is 0 Å². The van der Waals surface area contributed by atoms with Gasteiger partial charge in [0.2, 0.25) is 0 Å². The van der Waals surface area contributed by atoms with Crippen LogP contribution in [0.5, 0.6) is 0 Å². The molecule has 0 atom stereocenters. The van der Waals surface area contributed by atoms with Crippen LogP contribution in [0, 0.1) is 17.5 Å². The van der Waals surface area contributed by atoms with Gasteiger partial charge in [-0.05, 0) is 47.1 Å². The van der Waals surface area contributed by atoms with Gasteiger partial charge in [0.15, 0.2) is 17.5 Å². The highest BCUT2D eigenvalue weighted by molar-refractivity contribution is 5.88. The van der Waals surface area contributed by atoms with E-state index >= 15 is 0 Å². The quantitative estimate of drug-likeness (QED) is 0.305. The highest BCUT2D eigenvalue weighted by Gasteiger charge is 2.13. The first-order chi connectivity index (χ1) is 12.6. The van der Waals surface area contributed by atoms with Gasteiger partial charge >= 0.3 is 0 Å². The molecule has 0 amide bonds. The number of benzene rings is 3. The first kappa shape index (κ1) is 18.5. The zero-order valence-electron chi connectivity index (χ0n) is 15.0. The Labute approximate surface area is 152 Å². The Kier molecular flexibility index (Phi) is 5.97. The fourth-order valence-corrected chi connectivity index (χ4v) is 3.28. The summed E-state index contributed by atoms with van der Waals surface area (Å²) in [6.07, 6.45) is 7.36. The lowest BCUT2D eigenvalue weighted by molar-refractivity contribution is 0.453. The van der Waals surface area contributed by atoms with Crippen LogP contribution in [0.15, 0.2) is 48.5 Å². The smallest absolute Gasteiger partial charge is 0.195 e. The molecule has 3 heteroatoms. The molecule has 0 radical (unpaired) electrons. The van der Waals surface area contributed by atoms with Crippen LogP contribution in [0.2, 0.25) is 0 Å². The summed E-state index contributed by atoms with van der Waals surface area (Å²) in [7, 11) is 0. The minimum atomic E-state index is -1.42. The molecule has 0 aliphatic carbocycles. The lowest BCUT2D eigenvalue weighted by Gasteiger charge is -2.08. The van der Waals surface area contributed by atoms with Crippen molar-refractivity contribution in [3.8, 4) is 11.1 Å². The van der Waals surface area contributed by atoms with Crippen molar-refractivity contribution < 1.29 is 13.2 Å². The fourth-order valence-electron chi connectivity index (χ4n) is 3.28. The van der Waals surface area contributed by atoms with Gasteiger partial charge in [-0.2, -0.15) is 0 Å². The third-order valence-electron chi connectivity index (χ3n) is 4.83. The summed E-state index contributed by atoms with van der Waals surface area (Å²) < 4.78 is 40.7. The van der Waals surface area contributed by atoms with Crippen LogP contribution in [0.4, 0.5) is 13.2 Å². The van der Waals surface area contributed by atoms with E-state index in [0.717, 1.165) is 23.6 Å². The molecule has 3 rings (SSSR count). The number of unbranched alkanes of at least 4 members (excludes halogenated alkanes) is 4. The Bertz CT molecular complexity index is 882. The van der Waals surface area contributed by atoms with Crippen molar-refractivity contribution >= 4 is 10.8 Å². The van der Waals surface area contributed by atoms with Crippen LogP contribution >= 0.6 is 0 Å². The summed E-state index contributed by atoms with van der Waals surface area (Å²) in [6.45, 7) is 2.21. The van der Waals surface area contributed by atoms with E-state index in [9.17, 15) is 13.2 Å². The van der Waals surface area contributed by atoms with Crippen molar-refractivity contribution in [1.82, 2.24) is 0 Å². The average Bonchev–Trinajstić information content (AvgIpc) is 2.66. The van der Waals surface area contributed by atoms with Gasteiger partial charge in [0, 0.05) is 5.39 Å². The molecule has 0 N–H and O–H groups in total. The molecule has 0 aromatic heterocycles. The molecular weight excluding hydrogens is 333 g/mol. The monoisotopic (exact) mass is 356 g/mol. The summed E-state index contributed by atoms with van der Waals surface area (Å²) in [5.41, 5.74) is 3.13. The number of aryl methyl sites for hydroxylation is 1. The van der Waals surface area contributed by atoms with Crippen molar-refractivity contribution in [2.45, 2.75) is 45.4 Å². The van der Waals surface area contributed by atoms with E-state index in [0.29, 0.717) is 5.39 Å². The van der Waals surface area contributed by atoms with E-state index in [2.05, 4.69) is 19.1 Å². The third kappa shape index (κ3) is 4.09. The van der Waals surface area contributed by atoms with E-state index in [1.807, 2.05) is 12.1 Å². The molecule has 3 aromatic rings. The van der Waals surface area contributed by atoms with E-state index in [-0.39, 0.29) is 5.39 Å². The van der Waals surface area contributed by atoms with Gasteiger partial charge in [-0.1, -0.05) is 69.0 Å². The normalized spacial score (nSPS) is 11.2. The number of fused-ring (bicyclic) bond motifs is 1. The van der Waals surface area contributed by atoms with Crippen LogP contribution in [-0.2, 0) is 6.42 Å². The molecule has 0 saturated heterocycles. The summed E-state index contributed by atoms with van der Waals surface area (Å²) in [4.78, 5) is 0. The molecule has 0 heterocycles. The second-order valence-electron chi connectivity index (χ2n) is 6.78. The van der Waals surface area contributed by atoms with Crippen molar-refractivity contribution in [1.29, 1.82) is 0 Å². The van der Waals surface area contributed by atoms with E-state index < -0.39 is 17.5 Å². The van der Waals surface area contributed by atoms with Gasteiger partial charge in [0.1, 0.15) is 0 Å². The number of halogens is 3. The molecule has 26 heavy (non-hydrogen) atoms. The first-order valence-electron chi connectivity index (χ1n) is 9.26. The average molecular weight is 356 g/mol. The SMILES string of the molecule is CCCCCCCc1ccc(-c2ccc3c(F)c(F)c(F)cc3c2)cc1. The van der Waals surface area contributed by atoms with Crippen molar-refractivity contribution in [2.75, 3.05) is 0 Å². The summed E-state index contributed by atoms with van der Waals surface area (Å²) in [5.74, 6) is -3.72. The van der Waals surface area contributed by atoms with Crippen molar-refractivity contribution in [3.05, 3.63) is 71.5 Å². The Morgan fingerprint density at radius 2 is 1.38 bits per heavy atom. The summed E-state index contributed by atoms with van der Waals surface area (Å²) in [5, 5.41) is 0.454. The van der Waals surface area contributed by atoms with Gasteiger partial charge < -0.3 is 0 Å². The Morgan fingerprint density at radius 1 is 0.692 bits per heavy atom. The first-order valence-corrected chi connectivity index (χ1v) is 9.26. The molecule has 3 aromatic carbocycles. The summed E-state index contributed by atoms with van der Waals surface area (Å²) in [6, 6.07) is 14.2. The maximum absolute atomic E-state index is 13.8. The van der Waals surface area contributed by atoms with Crippen LogP contribution in [-0.4, -0.2) is 0 Å². The number of rotatable bonds is 7. The van der Waals surface area contributed by atoms with Crippen molar-refractivity contribution in [3.63, 3.8) is 0 Å². The summed E-state index contributed by atoms with van der Waals surface area (Å²) >= 11 is 0. The van der Waals surface area contributed by atoms with Crippen LogP contribution in [0.1, 0.15) is 44.6 Å². The van der Waals surface area contributed by atoms with Crippen LogP contribution < -0.4 is 0 Å². The second kappa shape index (κ2) is 8.39. The van der Waals surface area contributed by atoms with Gasteiger partial charge in [-0.15, -0.1) is 0 Å². The van der Waals surface area contributed by atoms with E-state index in [1.165, 1.54) is 43.7 Å². The largest absolute Gasteiger partial charge is 0.204 e. The van der Waals surface area contributed by atoms with Gasteiger partial charge in [-0.25, -0.2) is 13.2 Å². The highest BCUT2D eigenvalue weighted by Crippen LogP contribution is 2.28. The predicted octanol–water partition coefficient (Wildman–Crippen LogP) is 7.44. The molecule has 0 aliphatic rings. The molecule has 0 aliphatic heterocycles. The number of hydrogen-bond acceptors (Lipinski definition) is 0. The zero-order chi connectivity index (χ0) is 18.5. The van der Waals surface area contributed by atoms with E-state index in [4.69, 9.17) is 0 Å². The fraction of sp³-hybridized carbons (Fsp3) is 0.304. The lowest BCUT2D eigenvalue weighted by Crippen LogP contribution is -1.92. The van der Waals surface area contributed by atoms with Gasteiger partial charge in [-0.3, -0.25) is 0 Å². The highest BCUT2D eigenvalue weighted by atomic mass is 19.2. The number of hydrogen-bond donors (Lipinski definition) is 0. The zero-order valence-corrected chi connectivity index (χ0v) is 15.0. The Hall–Kier alpha value is -2.29. The molecule has 0 saturated carbocycles. The molecular formula is C23H23F3. The lowest BCUT2D eigenvalue weighted by atomic mass is 9.98. The third-order valence-corrected chi connectivity index (χ3v) is 4.83. The minimum Gasteiger partial charge on any atom is -0.204 e. The minimum absolute atomic E-state index is 0.0938.